The SMILES string of the molecule is O=C(N1CCC(Cn2cnc(-c3cccnc3)cc2=O)CC1)C1(c2ccccc2)CC1. The smallest absolute Gasteiger partial charge is 0.253 e. The number of rotatable bonds is 5. The Kier molecular flexibility index (Phi) is 5.14. The maximum atomic E-state index is 13.2. The van der Waals surface area contributed by atoms with Gasteiger partial charge >= 0.3 is 0 Å². The standard InChI is InChI=1S/C25H26N4O2/c30-23-15-22(20-5-4-12-26-16-20)27-18-29(23)17-19-8-13-28(14-9-19)24(31)25(10-11-25)21-6-2-1-3-7-21/h1-7,12,15-16,18-19H,8-11,13-14,17H2. The number of nitrogens with zero attached hydrogens (tertiary/aromatic N) is 4. The molecule has 2 aliphatic rings. The van der Waals surface area contributed by atoms with E-state index in [1.807, 2.05) is 35.2 Å². The summed E-state index contributed by atoms with van der Waals surface area (Å²) < 4.78 is 1.69. The van der Waals surface area contributed by atoms with Gasteiger partial charge in [-0.25, -0.2) is 4.98 Å². The van der Waals surface area contributed by atoms with E-state index in [1.165, 1.54) is 0 Å². The average Bonchev–Trinajstić information content (AvgIpc) is 3.64. The highest BCUT2D eigenvalue weighted by atomic mass is 16.2. The van der Waals surface area contributed by atoms with Crippen molar-refractivity contribution in [2.24, 2.45) is 5.92 Å². The van der Waals surface area contributed by atoms with Crippen molar-refractivity contribution in [1.82, 2.24) is 19.4 Å². The molecule has 1 saturated heterocycles. The van der Waals surface area contributed by atoms with Gasteiger partial charge in [0, 0.05) is 43.7 Å². The van der Waals surface area contributed by atoms with Crippen LogP contribution < -0.4 is 5.56 Å². The summed E-state index contributed by atoms with van der Waals surface area (Å²) in [5.41, 5.74) is 2.29. The first-order valence-electron chi connectivity index (χ1n) is 11.0. The molecule has 6 heteroatoms. The minimum atomic E-state index is -0.295. The Morgan fingerprint density at radius 2 is 1.84 bits per heavy atom. The van der Waals surface area contributed by atoms with Crippen molar-refractivity contribution < 1.29 is 4.79 Å². The van der Waals surface area contributed by atoms with Crippen LogP contribution in [0.25, 0.3) is 11.3 Å². The lowest BCUT2D eigenvalue weighted by Crippen LogP contribution is -2.44. The lowest BCUT2D eigenvalue weighted by molar-refractivity contribution is -0.135. The Hall–Kier alpha value is -3.28. The lowest BCUT2D eigenvalue weighted by Gasteiger charge is -2.34. The lowest BCUT2D eigenvalue weighted by atomic mass is 9.91. The van der Waals surface area contributed by atoms with E-state index in [9.17, 15) is 9.59 Å². The number of likely N-dealkylation sites (tertiary alicyclic amines) is 1. The van der Waals surface area contributed by atoms with E-state index in [1.54, 1.807) is 29.4 Å². The molecule has 31 heavy (non-hydrogen) atoms. The number of amides is 1. The summed E-state index contributed by atoms with van der Waals surface area (Å²) in [4.78, 5) is 36.4. The maximum Gasteiger partial charge on any atom is 0.253 e. The molecule has 1 aliphatic carbocycles. The van der Waals surface area contributed by atoms with Crippen molar-refractivity contribution in [2.45, 2.75) is 37.6 Å². The van der Waals surface area contributed by atoms with Crippen LogP contribution >= 0.6 is 0 Å². The van der Waals surface area contributed by atoms with E-state index in [0.717, 1.165) is 49.9 Å². The molecule has 5 rings (SSSR count). The summed E-state index contributed by atoms with van der Waals surface area (Å²) in [6, 6.07) is 15.5. The van der Waals surface area contributed by atoms with E-state index in [-0.39, 0.29) is 16.9 Å². The van der Waals surface area contributed by atoms with Crippen LogP contribution in [0.2, 0.25) is 0 Å². The highest BCUT2D eigenvalue weighted by Crippen LogP contribution is 2.49. The van der Waals surface area contributed by atoms with Crippen LogP contribution in [-0.2, 0) is 16.8 Å². The van der Waals surface area contributed by atoms with Crippen molar-refractivity contribution in [3.05, 3.63) is 83.2 Å². The average molecular weight is 415 g/mol. The Morgan fingerprint density at radius 3 is 2.48 bits per heavy atom. The third-order valence-electron chi connectivity index (χ3n) is 6.68. The zero-order valence-electron chi connectivity index (χ0n) is 17.5. The number of aromatic nitrogens is 3. The number of carbonyl (C=O) groups excluding carboxylic acids is 1. The number of carbonyl (C=O) groups is 1. The fourth-order valence-corrected chi connectivity index (χ4v) is 4.64. The molecular formula is C25H26N4O2. The van der Waals surface area contributed by atoms with Gasteiger partial charge in [0.1, 0.15) is 0 Å². The van der Waals surface area contributed by atoms with Gasteiger partial charge in [0.15, 0.2) is 0 Å². The van der Waals surface area contributed by atoms with Crippen molar-refractivity contribution in [3.8, 4) is 11.3 Å². The second kappa shape index (κ2) is 8.10. The van der Waals surface area contributed by atoms with Crippen molar-refractivity contribution >= 4 is 5.91 Å². The zero-order valence-corrected chi connectivity index (χ0v) is 17.5. The summed E-state index contributed by atoms with van der Waals surface area (Å²) >= 11 is 0. The van der Waals surface area contributed by atoms with Gasteiger partial charge in [0.25, 0.3) is 5.56 Å². The molecule has 2 fully saturated rings. The molecule has 0 radical (unpaired) electrons. The molecule has 3 aromatic rings. The maximum absolute atomic E-state index is 13.2. The molecule has 158 valence electrons. The van der Waals surface area contributed by atoms with Crippen molar-refractivity contribution in [3.63, 3.8) is 0 Å². The molecule has 3 heterocycles. The first-order valence-corrected chi connectivity index (χ1v) is 11.0. The Balaban J connectivity index is 1.21. The van der Waals surface area contributed by atoms with Gasteiger partial charge in [-0.15, -0.1) is 0 Å². The van der Waals surface area contributed by atoms with Crippen molar-refractivity contribution in [1.29, 1.82) is 0 Å². The highest BCUT2D eigenvalue weighted by molar-refractivity contribution is 5.91. The van der Waals surface area contributed by atoms with Crippen LogP contribution in [0.4, 0.5) is 0 Å². The number of piperidine rings is 1. The third kappa shape index (κ3) is 3.90. The van der Waals surface area contributed by atoms with Gasteiger partial charge in [-0.1, -0.05) is 30.3 Å². The quantitative estimate of drug-likeness (QED) is 0.643. The molecule has 1 saturated carbocycles. The van der Waals surface area contributed by atoms with Gasteiger partial charge in [-0.05, 0) is 49.3 Å². The van der Waals surface area contributed by atoms with Gasteiger partial charge in [0.2, 0.25) is 5.91 Å². The molecular weight excluding hydrogens is 388 g/mol. The van der Waals surface area contributed by atoms with Crippen LogP contribution in [0.5, 0.6) is 0 Å². The summed E-state index contributed by atoms with van der Waals surface area (Å²) in [5, 5.41) is 0. The van der Waals surface area contributed by atoms with Gasteiger partial charge in [-0.2, -0.15) is 0 Å². The number of hydrogen-bond acceptors (Lipinski definition) is 4. The third-order valence-corrected chi connectivity index (χ3v) is 6.68. The Morgan fingerprint density at radius 1 is 1.06 bits per heavy atom. The van der Waals surface area contributed by atoms with Crippen LogP contribution in [-0.4, -0.2) is 38.4 Å². The fourth-order valence-electron chi connectivity index (χ4n) is 4.64. The number of benzene rings is 1. The highest BCUT2D eigenvalue weighted by Gasteiger charge is 2.53. The molecule has 1 aromatic carbocycles. The van der Waals surface area contributed by atoms with Crippen molar-refractivity contribution in [2.75, 3.05) is 13.1 Å². The monoisotopic (exact) mass is 414 g/mol. The fraction of sp³-hybridized carbons (Fsp3) is 0.360. The summed E-state index contributed by atoms with van der Waals surface area (Å²) in [6.45, 7) is 2.16. The van der Waals surface area contributed by atoms with E-state index in [2.05, 4.69) is 22.1 Å². The molecule has 0 unspecified atom stereocenters. The topological polar surface area (TPSA) is 68.1 Å². The van der Waals surface area contributed by atoms with Crippen LogP contribution in [0.3, 0.4) is 0 Å². The number of hydrogen-bond donors (Lipinski definition) is 0. The normalized spacial score (nSPS) is 18.0. The predicted octanol–water partition coefficient (Wildman–Crippen LogP) is 3.28. The minimum Gasteiger partial charge on any atom is -0.342 e. The predicted molar refractivity (Wildman–Crippen MR) is 118 cm³/mol. The van der Waals surface area contributed by atoms with E-state index < -0.39 is 0 Å². The molecule has 2 aromatic heterocycles. The second-order valence-electron chi connectivity index (χ2n) is 8.69. The Labute approximate surface area is 181 Å². The Bertz CT molecular complexity index is 1120. The molecule has 1 aliphatic heterocycles. The van der Waals surface area contributed by atoms with Crippen LogP contribution in [0, 0.1) is 5.92 Å². The zero-order chi connectivity index (χ0) is 21.3. The molecule has 0 spiro atoms. The van der Waals surface area contributed by atoms with Gasteiger partial charge in [-0.3, -0.25) is 19.1 Å². The number of pyridine rings is 1. The first kappa shape index (κ1) is 19.7. The summed E-state index contributed by atoms with van der Waals surface area (Å²) in [6.07, 6.45) is 8.76. The van der Waals surface area contributed by atoms with Gasteiger partial charge < -0.3 is 4.90 Å². The molecule has 1 amide bonds. The van der Waals surface area contributed by atoms with E-state index in [4.69, 9.17) is 0 Å². The van der Waals surface area contributed by atoms with Crippen LogP contribution in [0.1, 0.15) is 31.2 Å². The van der Waals surface area contributed by atoms with E-state index >= 15 is 0 Å². The molecule has 0 bridgehead atoms. The largest absolute Gasteiger partial charge is 0.342 e. The first-order chi connectivity index (χ1) is 15.2. The molecule has 0 N–H and O–H groups in total. The van der Waals surface area contributed by atoms with E-state index in [0.29, 0.717) is 18.2 Å². The molecule has 6 nitrogen and oxygen atoms in total. The summed E-state index contributed by atoms with van der Waals surface area (Å²) in [5.74, 6) is 0.650. The molecule has 0 atom stereocenters. The second-order valence-corrected chi connectivity index (χ2v) is 8.69. The van der Waals surface area contributed by atoms with Crippen LogP contribution in [0.15, 0.2) is 72.0 Å². The minimum absolute atomic E-state index is 0.0478. The van der Waals surface area contributed by atoms with Gasteiger partial charge in [0.05, 0.1) is 17.4 Å². The summed E-state index contributed by atoms with van der Waals surface area (Å²) in [7, 11) is 0.